The maximum Gasteiger partial charge on any atom is 0.224 e. The lowest BCUT2D eigenvalue weighted by Crippen LogP contribution is -2.11. The van der Waals surface area contributed by atoms with Crippen molar-refractivity contribution in [1.29, 1.82) is 0 Å². The van der Waals surface area contributed by atoms with E-state index in [1.54, 1.807) is 0 Å². The first kappa shape index (κ1) is 11.2. The first-order valence-corrected chi connectivity index (χ1v) is 5.13. The standard InChI is InChI=1S/C10H16ClN3/c1-6(2)5-12-9-7(3)8(4)13-10(11)14-9/h6H,5H2,1-4H3,(H,12,13,14). The van der Waals surface area contributed by atoms with Gasteiger partial charge >= 0.3 is 0 Å². The van der Waals surface area contributed by atoms with Gasteiger partial charge in [0.25, 0.3) is 0 Å². The molecule has 0 aliphatic rings. The van der Waals surface area contributed by atoms with E-state index in [9.17, 15) is 0 Å². The van der Waals surface area contributed by atoms with Gasteiger partial charge in [0.15, 0.2) is 0 Å². The molecule has 14 heavy (non-hydrogen) atoms. The SMILES string of the molecule is Cc1nc(Cl)nc(NCC(C)C)c1C. The van der Waals surface area contributed by atoms with Crippen molar-refractivity contribution in [2.45, 2.75) is 27.7 Å². The third kappa shape index (κ3) is 2.84. The summed E-state index contributed by atoms with van der Waals surface area (Å²) < 4.78 is 0. The summed E-state index contributed by atoms with van der Waals surface area (Å²) in [6.45, 7) is 9.13. The van der Waals surface area contributed by atoms with Crippen LogP contribution in [0.4, 0.5) is 5.82 Å². The van der Waals surface area contributed by atoms with Crippen LogP contribution in [0.3, 0.4) is 0 Å². The molecule has 78 valence electrons. The van der Waals surface area contributed by atoms with Gasteiger partial charge in [-0.15, -0.1) is 0 Å². The van der Waals surface area contributed by atoms with Gasteiger partial charge in [0, 0.05) is 17.8 Å². The van der Waals surface area contributed by atoms with Crippen LogP contribution < -0.4 is 5.32 Å². The summed E-state index contributed by atoms with van der Waals surface area (Å²) >= 11 is 5.78. The molecule has 0 unspecified atom stereocenters. The Morgan fingerprint density at radius 2 is 1.93 bits per heavy atom. The van der Waals surface area contributed by atoms with E-state index in [1.807, 2.05) is 13.8 Å². The Kier molecular flexibility index (Phi) is 3.69. The second-order valence-corrected chi connectivity index (χ2v) is 4.16. The van der Waals surface area contributed by atoms with Crippen molar-refractivity contribution in [3.05, 3.63) is 16.5 Å². The second-order valence-electron chi connectivity index (χ2n) is 3.83. The molecule has 1 aromatic heterocycles. The van der Waals surface area contributed by atoms with Gasteiger partial charge in [-0.05, 0) is 31.4 Å². The lowest BCUT2D eigenvalue weighted by Gasteiger charge is -2.11. The van der Waals surface area contributed by atoms with Crippen LogP contribution in [0.2, 0.25) is 5.28 Å². The van der Waals surface area contributed by atoms with E-state index < -0.39 is 0 Å². The minimum absolute atomic E-state index is 0.305. The number of nitrogens with zero attached hydrogens (tertiary/aromatic N) is 2. The molecular formula is C10H16ClN3. The highest BCUT2D eigenvalue weighted by Gasteiger charge is 2.06. The second kappa shape index (κ2) is 4.60. The lowest BCUT2D eigenvalue weighted by molar-refractivity contribution is 0.686. The molecule has 0 aromatic carbocycles. The molecular weight excluding hydrogens is 198 g/mol. The number of aromatic nitrogens is 2. The van der Waals surface area contributed by atoms with Crippen LogP contribution in [0.15, 0.2) is 0 Å². The number of nitrogens with one attached hydrogen (secondary N) is 1. The summed E-state index contributed by atoms with van der Waals surface area (Å²) in [7, 11) is 0. The van der Waals surface area contributed by atoms with Crippen LogP contribution in [0, 0.1) is 19.8 Å². The first-order chi connectivity index (χ1) is 6.50. The summed E-state index contributed by atoms with van der Waals surface area (Å²) in [6.07, 6.45) is 0. The van der Waals surface area contributed by atoms with E-state index >= 15 is 0 Å². The van der Waals surface area contributed by atoms with E-state index in [2.05, 4.69) is 29.1 Å². The summed E-state index contributed by atoms with van der Waals surface area (Å²) in [5.41, 5.74) is 1.99. The number of rotatable bonds is 3. The topological polar surface area (TPSA) is 37.8 Å². The molecule has 3 nitrogen and oxygen atoms in total. The molecule has 0 spiro atoms. The van der Waals surface area contributed by atoms with Crippen LogP contribution >= 0.6 is 11.6 Å². The highest BCUT2D eigenvalue weighted by molar-refractivity contribution is 6.28. The molecule has 4 heteroatoms. The Labute approximate surface area is 89.9 Å². The number of hydrogen-bond acceptors (Lipinski definition) is 3. The first-order valence-electron chi connectivity index (χ1n) is 4.75. The van der Waals surface area contributed by atoms with Gasteiger partial charge in [0.05, 0.1) is 0 Å². The molecule has 1 heterocycles. The van der Waals surface area contributed by atoms with E-state index in [-0.39, 0.29) is 0 Å². The fraction of sp³-hybridized carbons (Fsp3) is 0.600. The van der Waals surface area contributed by atoms with Crippen molar-refractivity contribution < 1.29 is 0 Å². The van der Waals surface area contributed by atoms with Crippen molar-refractivity contribution in [1.82, 2.24) is 9.97 Å². The third-order valence-electron chi connectivity index (χ3n) is 2.04. The van der Waals surface area contributed by atoms with Gasteiger partial charge in [-0.3, -0.25) is 0 Å². The monoisotopic (exact) mass is 213 g/mol. The highest BCUT2D eigenvalue weighted by Crippen LogP contribution is 2.17. The molecule has 0 aliphatic carbocycles. The Hall–Kier alpha value is -0.830. The van der Waals surface area contributed by atoms with Crippen molar-refractivity contribution in [2.24, 2.45) is 5.92 Å². The summed E-state index contributed by atoms with van der Waals surface area (Å²) in [5.74, 6) is 1.43. The molecule has 0 amide bonds. The average molecular weight is 214 g/mol. The molecule has 0 fully saturated rings. The number of hydrogen-bond donors (Lipinski definition) is 1. The van der Waals surface area contributed by atoms with Crippen LogP contribution in [0.25, 0.3) is 0 Å². The molecule has 0 saturated carbocycles. The molecule has 0 bridgehead atoms. The van der Waals surface area contributed by atoms with E-state index in [0.717, 1.165) is 23.6 Å². The Bertz CT molecular complexity index is 323. The number of halogens is 1. The van der Waals surface area contributed by atoms with Crippen molar-refractivity contribution in [2.75, 3.05) is 11.9 Å². The predicted molar refractivity (Wildman–Crippen MR) is 59.8 cm³/mol. The summed E-state index contributed by atoms with van der Waals surface area (Å²) in [4.78, 5) is 8.22. The Morgan fingerprint density at radius 3 is 2.50 bits per heavy atom. The molecule has 1 N–H and O–H groups in total. The van der Waals surface area contributed by atoms with Crippen LogP contribution in [0.5, 0.6) is 0 Å². The maximum absolute atomic E-state index is 5.78. The van der Waals surface area contributed by atoms with Gasteiger partial charge in [0.2, 0.25) is 5.28 Å². The van der Waals surface area contributed by atoms with Crippen molar-refractivity contribution >= 4 is 17.4 Å². The van der Waals surface area contributed by atoms with Crippen molar-refractivity contribution in [3.8, 4) is 0 Å². The quantitative estimate of drug-likeness (QED) is 0.785. The smallest absolute Gasteiger partial charge is 0.224 e. The fourth-order valence-corrected chi connectivity index (χ4v) is 1.28. The van der Waals surface area contributed by atoms with Crippen LogP contribution in [-0.4, -0.2) is 16.5 Å². The molecule has 1 rings (SSSR count). The van der Waals surface area contributed by atoms with Gasteiger partial charge in [-0.1, -0.05) is 13.8 Å². The van der Waals surface area contributed by atoms with Crippen LogP contribution in [-0.2, 0) is 0 Å². The Balaban J connectivity index is 2.85. The largest absolute Gasteiger partial charge is 0.369 e. The maximum atomic E-state index is 5.78. The third-order valence-corrected chi connectivity index (χ3v) is 2.21. The number of aryl methyl sites for hydroxylation is 1. The summed E-state index contributed by atoms with van der Waals surface area (Å²) in [5, 5.41) is 3.56. The zero-order valence-corrected chi connectivity index (χ0v) is 9.81. The van der Waals surface area contributed by atoms with E-state index in [1.165, 1.54) is 0 Å². The van der Waals surface area contributed by atoms with Crippen molar-refractivity contribution in [3.63, 3.8) is 0 Å². The normalized spacial score (nSPS) is 10.7. The van der Waals surface area contributed by atoms with Gasteiger partial charge in [-0.25, -0.2) is 9.97 Å². The Morgan fingerprint density at radius 1 is 1.29 bits per heavy atom. The average Bonchev–Trinajstić information content (AvgIpc) is 2.08. The summed E-state index contributed by atoms with van der Waals surface area (Å²) in [6, 6.07) is 0. The number of anilines is 1. The molecule has 0 saturated heterocycles. The minimum Gasteiger partial charge on any atom is -0.369 e. The van der Waals surface area contributed by atoms with Gasteiger partial charge in [0.1, 0.15) is 5.82 Å². The van der Waals surface area contributed by atoms with E-state index in [4.69, 9.17) is 11.6 Å². The predicted octanol–water partition coefficient (Wildman–Crippen LogP) is 2.81. The molecule has 1 aromatic rings. The highest BCUT2D eigenvalue weighted by atomic mass is 35.5. The molecule has 0 aliphatic heterocycles. The van der Waals surface area contributed by atoms with E-state index in [0.29, 0.717) is 11.2 Å². The lowest BCUT2D eigenvalue weighted by atomic mass is 10.2. The zero-order valence-electron chi connectivity index (χ0n) is 9.06. The minimum atomic E-state index is 0.305. The zero-order chi connectivity index (χ0) is 10.7. The fourth-order valence-electron chi connectivity index (χ4n) is 1.07. The molecule has 0 radical (unpaired) electrons. The molecule has 0 atom stereocenters. The van der Waals surface area contributed by atoms with Gasteiger partial charge < -0.3 is 5.32 Å². The van der Waals surface area contributed by atoms with Crippen LogP contribution in [0.1, 0.15) is 25.1 Å². The van der Waals surface area contributed by atoms with Gasteiger partial charge in [-0.2, -0.15) is 0 Å².